The van der Waals surface area contributed by atoms with Crippen LogP contribution in [0.1, 0.15) is 11.1 Å². The molecule has 0 spiro atoms. The summed E-state index contributed by atoms with van der Waals surface area (Å²) in [5.74, 6) is -0.119. The highest BCUT2D eigenvalue weighted by molar-refractivity contribution is 9.10. The van der Waals surface area contributed by atoms with Crippen LogP contribution in [0.25, 0.3) is 0 Å². The van der Waals surface area contributed by atoms with E-state index in [1.54, 1.807) is 18.2 Å². The van der Waals surface area contributed by atoms with Gasteiger partial charge in [0.1, 0.15) is 11.5 Å². The lowest BCUT2D eigenvalue weighted by Crippen LogP contribution is -2.07. The summed E-state index contributed by atoms with van der Waals surface area (Å²) >= 11 is 3.12. The first kappa shape index (κ1) is 14.9. The molecular weight excluding hydrogens is 337 g/mol. The van der Waals surface area contributed by atoms with Crippen LogP contribution in [0.15, 0.2) is 46.9 Å². The van der Waals surface area contributed by atoms with E-state index in [-0.39, 0.29) is 18.1 Å². The highest BCUT2D eigenvalue weighted by Crippen LogP contribution is 2.40. The first-order valence-corrected chi connectivity index (χ1v) is 6.44. The molecule has 2 nitrogen and oxygen atoms in total. The number of benzene rings is 2. The van der Waals surface area contributed by atoms with Crippen LogP contribution in [0, 0.1) is 0 Å². The van der Waals surface area contributed by atoms with Crippen molar-refractivity contribution in [2.45, 2.75) is 12.8 Å². The molecule has 0 amide bonds. The van der Waals surface area contributed by atoms with Gasteiger partial charge in [-0.1, -0.05) is 34.1 Å². The van der Waals surface area contributed by atoms with Crippen LogP contribution in [0.3, 0.4) is 0 Å². The Bertz CT molecular complexity index is 612. The first-order valence-electron chi connectivity index (χ1n) is 5.65. The second kappa shape index (κ2) is 5.85. The van der Waals surface area contributed by atoms with E-state index in [4.69, 9.17) is 9.84 Å². The fourth-order valence-corrected chi connectivity index (χ4v) is 2.01. The average molecular weight is 347 g/mol. The Morgan fingerprint density at radius 1 is 1.05 bits per heavy atom. The standard InChI is InChI=1S/C14H10BrF3O2/c15-10-5-6-11(14(16,17)18)13(7-10)20-12-4-2-1-3-9(12)8-19/h1-7,19H,8H2. The Labute approximate surface area is 121 Å². The summed E-state index contributed by atoms with van der Waals surface area (Å²) in [6.07, 6.45) is -4.51. The van der Waals surface area contributed by atoms with Gasteiger partial charge >= 0.3 is 6.18 Å². The summed E-state index contributed by atoms with van der Waals surface area (Å²) in [6.45, 7) is -0.314. The molecule has 6 heteroatoms. The number of hydrogen-bond acceptors (Lipinski definition) is 2. The number of aliphatic hydroxyl groups excluding tert-OH is 1. The van der Waals surface area contributed by atoms with Crippen molar-refractivity contribution in [2.24, 2.45) is 0 Å². The lowest BCUT2D eigenvalue weighted by Gasteiger charge is -2.15. The van der Waals surface area contributed by atoms with Crippen LogP contribution in [0.4, 0.5) is 13.2 Å². The Morgan fingerprint density at radius 2 is 1.75 bits per heavy atom. The molecule has 0 unspecified atom stereocenters. The molecule has 106 valence electrons. The lowest BCUT2D eigenvalue weighted by atomic mass is 10.2. The summed E-state index contributed by atoms with van der Waals surface area (Å²) in [7, 11) is 0. The van der Waals surface area contributed by atoms with E-state index >= 15 is 0 Å². The molecule has 0 saturated heterocycles. The fourth-order valence-electron chi connectivity index (χ4n) is 1.67. The van der Waals surface area contributed by atoms with Crippen molar-refractivity contribution in [3.8, 4) is 11.5 Å². The Hall–Kier alpha value is -1.53. The largest absolute Gasteiger partial charge is 0.456 e. The van der Waals surface area contributed by atoms with Gasteiger partial charge in [0.25, 0.3) is 0 Å². The van der Waals surface area contributed by atoms with Crippen LogP contribution in [0.2, 0.25) is 0 Å². The normalized spacial score (nSPS) is 11.4. The summed E-state index contributed by atoms with van der Waals surface area (Å²) in [6, 6.07) is 9.88. The zero-order chi connectivity index (χ0) is 14.8. The predicted molar refractivity (Wildman–Crippen MR) is 71.6 cm³/mol. The lowest BCUT2D eigenvalue weighted by molar-refractivity contribution is -0.138. The molecule has 0 aliphatic carbocycles. The van der Waals surface area contributed by atoms with Gasteiger partial charge in [-0.25, -0.2) is 0 Å². The summed E-state index contributed by atoms with van der Waals surface area (Å²) in [4.78, 5) is 0. The summed E-state index contributed by atoms with van der Waals surface area (Å²) in [5, 5.41) is 9.17. The second-order valence-corrected chi connectivity index (χ2v) is 4.92. The van der Waals surface area contributed by atoms with Crippen LogP contribution in [-0.4, -0.2) is 5.11 Å². The van der Waals surface area contributed by atoms with E-state index in [0.717, 1.165) is 6.07 Å². The van der Waals surface area contributed by atoms with Gasteiger partial charge in [-0.05, 0) is 24.3 Å². The first-order chi connectivity index (χ1) is 9.41. The number of alkyl halides is 3. The molecule has 1 N–H and O–H groups in total. The maximum absolute atomic E-state index is 12.9. The van der Waals surface area contributed by atoms with Gasteiger partial charge in [0.15, 0.2) is 0 Å². The van der Waals surface area contributed by atoms with Crippen LogP contribution in [-0.2, 0) is 12.8 Å². The van der Waals surface area contributed by atoms with Gasteiger partial charge in [0.05, 0.1) is 12.2 Å². The molecule has 0 aliphatic heterocycles. The number of aliphatic hydroxyl groups is 1. The van der Waals surface area contributed by atoms with Gasteiger partial charge in [0.2, 0.25) is 0 Å². The molecule has 0 bridgehead atoms. The molecule has 0 radical (unpaired) electrons. The average Bonchev–Trinajstić information content (AvgIpc) is 2.38. The zero-order valence-corrected chi connectivity index (χ0v) is 11.7. The topological polar surface area (TPSA) is 29.5 Å². The molecule has 2 aromatic carbocycles. The van der Waals surface area contributed by atoms with E-state index in [2.05, 4.69) is 15.9 Å². The fraction of sp³-hybridized carbons (Fsp3) is 0.143. The number of ether oxygens (including phenoxy) is 1. The van der Waals surface area contributed by atoms with Crippen molar-refractivity contribution < 1.29 is 23.0 Å². The third kappa shape index (κ3) is 3.32. The number of hydrogen-bond donors (Lipinski definition) is 1. The minimum Gasteiger partial charge on any atom is -0.456 e. The third-order valence-electron chi connectivity index (χ3n) is 2.61. The molecule has 20 heavy (non-hydrogen) atoms. The molecule has 2 rings (SSSR count). The van der Waals surface area contributed by atoms with Gasteiger partial charge in [-0.3, -0.25) is 0 Å². The van der Waals surface area contributed by atoms with E-state index in [9.17, 15) is 13.2 Å². The van der Waals surface area contributed by atoms with E-state index in [1.165, 1.54) is 18.2 Å². The number of halogens is 4. The van der Waals surface area contributed by atoms with Gasteiger partial charge in [0, 0.05) is 10.0 Å². The highest BCUT2D eigenvalue weighted by Gasteiger charge is 2.34. The van der Waals surface area contributed by atoms with Gasteiger partial charge in [-0.15, -0.1) is 0 Å². The third-order valence-corrected chi connectivity index (χ3v) is 3.11. The minimum absolute atomic E-state index is 0.193. The highest BCUT2D eigenvalue weighted by atomic mass is 79.9. The van der Waals surface area contributed by atoms with Crippen molar-refractivity contribution in [1.82, 2.24) is 0 Å². The molecule has 0 fully saturated rings. The van der Waals surface area contributed by atoms with Crippen molar-refractivity contribution in [2.75, 3.05) is 0 Å². The second-order valence-electron chi connectivity index (χ2n) is 4.01. The van der Waals surface area contributed by atoms with Crippen molar-refractivity contribution in [1.29, 1.82) is 0 Å². The SMILES string of the molecule is OCc1ccccc1Oc1cc(Br)ccc1C(F)(F)F. The van der Waals surface area contributed by atoms with E-state index in [1.807, 2.05) is 0 Å². The molecular formula is C14H10BrF3O2. The monoisotopic (exact) mass is 346 g/mol. The molecule has 0 heterocycles. The summed E-state index contributed by atoms with van der Waals surface area (Å²) in [5.41, 5.74) is -0.450. The van der Waals surface area contributed by atoms with Gasteiger partial charge < -0.3 is 9.84 Å². The molecule has 2 aromatic rings. The summed E-state index contributed by atoms with van der Waals surface area (Å²) < 4.78 is 44.6. The van der Waals surface area contributed by atoms with Crippen LogP contribution < -0.4 is 4.74 Å². The van der Waals surface area contributed by atoms with Crippen molar-refractivity contribution >= 4 is 15.9 Å². The van der Waals surface area contributed by atoms with Crippen molar-refractivity contribution in [3.63, 3.8) is 0 Å². The molecule has 0 aromatic heterocycles. The molecule has 0 saturated carbocycles. The quantitative estimate of drug-likeness (QED) is 0.868. The predicted octanol–water partition coefficient (Wildman–Crippen LogP) is 4.75. The van der Waals surface area contributed by atoms with E-state index in [0.29, 0.717) is 10.0 Å². The minimum atomic E-state index is -4.51. The number of para-hydroxylation sites is 1. The molecule has 0 aliphatic rings. The maximum Gasteiger partial charge on any atom is 0.419 e. The van der Waals surface area contributed by atoms with Gasteiger partial charge in [-0.2, -0.15) is 13.2 Å². The zero-order valence-electron chi connectivity index (χ0n) is 10.1. The van der Waals surface area contributed by atoms with Crippen molar-refractivity contribution in [3.05, 3.63) is 58.1 Å². The van der Waals surface area contributed by atoms with Crippen LogP contribution in [0.5, 0.6) is 11.5 Å². The smallest absolute Gasteiger partial charge is 0.419 e. The Balaban J connectivity index is 2.45. The molecule has 0 atom stereocenters. The van der Waals surface area contributed by atoms with Crippen LogP contribution >= 0.6 is 15.9 Å². The maximum atomic E-state index is 12.9. The Kier molecular flexibility index (Phi) is 4.35. The van der Waals surface area contributed by atoms with E-state index < -0.39 is 11.7 Å². The Morgan fingerprint density at radius 3 is 2.40 bits per heavy atom. The number of rotatable bonds is 3.